The van der Waals surface area contributed by atoms with Crippen LogP contribution in [-0.4, -0.2) is 45.0 Å². The van der Waals surface area contributed by atoms with Crippen LogP contribution in [0.15, 0.2) is 0 Å². The molecule has 2 fully saturated rings. The zero-order valence-corrected chi connectivity index (χ0v) is 12.4. The number of rotatable bonds is 3. The lowest BCUT2D eigenvalue weighted by molar-refractivity contribution is -0.133. The second-order valence-corrected chi connectivity index (χ2v) is 8.07. The van der Waals surface area contributed by atoms with Crippen molar-refractivity contribution in [3.8, 4) is 0 Å². The second-order valence-electron chi connectivity index (χ2n) is 5.84. The van der Waals surface area contributed by atoms with Gasteiger partial charge in [-0.2, -0.15) is 0 Å². The number of amides is 1. The molecule has 110 valence electrons. The first-order valence-corrected chi connectivity index (χ1v) is 9.02. The first kappa shape index (κ1) is 14.8. The van der Waals surface area contributed by atoms with Gasteiger partial charge < -0.3 is 10.6 Å². The topological polar surface area (TPSA) is 75.3 Å². The molecule has 0 aliphatic carbocycles. The highest BCUT2D eigenvalue weighted by Crippen LogP contribution is 2.30. The monoisotopic (exact) mass is 288 g/mol. The standard InChI is InChI=1S/C13H24N2O3S/c1-2-13(6-4-7-14-10-13)12(16)15-11-5-3-8-19(17,18)9-11/h11,14H,2-10H2,1H3,(H,15,16). The number of carbonyl (C=O) groups is 1. The Balaban J connectivity index is 1.99. The lowest BCUT2D eigenvalue weighted by atomic mass is 9.77. The summed E-state index contributed by atoms with van der Waals surface area (Å²) in [4.78, 5) is 12.5. The van der Waals surface area contributed by atoms with Crippen LogP contribution < -0.4 is 10.6 Å². The summed E-state index contributed by atoms with van der Waals surface area (Å²) in [5, 5.41) is 6.26. The average molecular weight is 288 g/mol. The van der Waals surface area contributed by atoms with Crippen molar-refractivity contribution in [3.05, 3.63) is 0 Å². The van der Waals surface area contributed by atoms with Crippen LogP contribution in [0.3, 0.4) is 0 Å². The van der Waals surface area contributed by atoms with Crippen LogP contribution in [0.1, 0.15) is 39.0 Å². The predicted molar refractivity (Wildman–Crippen MR) is 74.6 cm³/mol. The van der Waals surface area contributed by atoms with Crippen LogP contribution >= 0.6 is 0 Å². The molecule has 2 N–H and O–H groups in total. The third kappa shape index (κ3) is 3.48. The van der Waals surface area contributed by atoms with Crippen molar-refractivity contribution in [2.75, 3.05) is 24.6 Å². The van der Waals surface area contributed by atoms with Gasteiger partial charge in [0.2, 0.25) is 5.91 Å². The summed E-state index contributed by atoms with van der Waals surface area (Å²) in [6, 6.07) is -0.198. The van der Waals surface area contributed by atoms with Gasteiger partial charge in [-0.1, -0.05) is 6.92 Å². The van der Waals surface area contributed by atoms with Crippen molar-refractivity contribution in [1.82, 2.24) is 10.6 Å². The van der Waals surface area contributed by atoms with Crippen molar-refractivity contribution < 1.29 is 13.2 Å². The number of piperidine rings is 1. The molecular weight excluding hydrogens is 264 g/mol. The highest BCUT2D eigenvalue weighted by Gasteiger charge is 2.39. The van der Waals surface area contributed by atoms with E-state index in [1.165, 1.54) is 0 Å². The van der Waals surface area contributed by atoms with Gasteiger partial charge in [0.05, 0.1) is 16.9 Å². The van der Waals surface area contributed by atoms with Crippen LogP contribution in [0.5, 0.6) is 0 Å². The Bertz CT molecular complexity index is 427. The first-order chi connectivity index (χ1) is 8.97. The van der Waals surface area contributed by atoms with Gasteiger partial charge in [0.25, 0.3) is 0 Å². The number of hydrogen-bond acceptors (Lipinski definition) is 4. The van der Waals surface area contributed by atoms with E-state index < -0.39 is 9.84 Å². The molecule has 2 rings (SSSR count). The second kappa shape index (κ2) is 5.79. The van der Waals surface area contributed by atoms with E-state index in [0.717, 1.165) is 32.2 Å². The maximum Gasteiger partial charge on any atom is 0.227 e. The molecule has 0 bridgehead atoms. The molecule has 2 aliphatic heterocycles. The zero-order valence-electron chi connectivity index (χ0n) is 11.6. The molecule has 5 nitrogen and oxygen atoms in total. The normalized spacial score (nSPS) is 34.7. The molecule has 2 unspecified atom stereocenters. The van der Waals surface area contributed by atoms with Crippen LogP contribution in [-0.2, 0) is 14.6 Å². The predicted octanol–water partition coefficient (Wildman–Crippen LogP) is 0.460. The Kier molecular flexibility index (Phi) is 4.50. The van der Waals surface area contributed by atoms with Crippen molar-refractivity contribution >= 4 is 15.7 Å². The van der Waals surface area contributed by atoms with E-state index in [1.54, 1.807) is 0 Å². The summed E-state index contributed by atoms with van der Waals surface area (Å²) in [7, 11) is -2.97. The zero-order chi connectivity index (χ0) is 13.9. The van der Waals surface area contributed by atoms with E-state index in [1.807, 2.05) is 6.92 Å². The van der Waals surface area contributed by atoms with Crippen molar-refractivity contribution in [2.45, 2.75) is 45.1 Å². The van der Waals surface area contributed by atoms with Crippen molar-refractivity contribution in [2.24, 2.45) is 5.41 Å². The molecule has 19 heavy (non-hydrogen) atoms. The van der Waals surface area contributed by atoms with Gasteiger partial charge in [-0.05, 0) is 38.6 Å². The third-order valence-electron chi connectivity index (χ3n) is 4.43. The number of carbonyl (C=O) groups excluding carboxylic acids is 1. The smallest absolute Gasteiger partial charge is 0.227 e. The molecule has 0 saturated carbocycles. The third-order valence-corrected chi connectivity index (χ3v) is 6.25. The minimum atomic E-state index is -2.97. The van der Waals surface area contributed by atoms with Crippen LogP contribution in [0.25, 0.3) is 0 Å². The lowest BCUT2D eigenvalue weighted by Crippen LogP contribution is -2.54. The summed E-state index contributed by atoms with van der Waals surface area (Å²) >= 11 is 0. The molecule has 2 heterocycles. The largest absolute Gasteiger partial charge is 0.352 e. The summed E-state index contributed by atoms with van der Waals surface area (Å²) < 4.78 is 23.2. The molecule has 2 aliphatic rings. The van der Waals surface area contributed by atoms with Gasteiger partial charge in [0, 0.05) is 12.6 Å². The van der Waals surface area contributed by atoms with Gasteiger partial charge in [-0.25, -0.2) is 8.42 Å². The summed E-state index contributed by atoms with van der Waals surface area (Å²) in [6.45, 7) is 3.70. The van der Waals surface area contributed by atoms with E-state index in [9.17, 15) is 13.2 Å². The SMILES string of the molecule is CCC1(C(=O)NC2CCCS(=O)(=O)C2)CCCNC1. The van der Waals surface area contributed by atoms with E-state index in [2.05, 4.69) is 10.6 Å². The van der Waals surface area contributed by atoms with Gasteiger partial charge in [-0.3, -0.25) is 4.79 Å². The summed E-state index contributed by atoms with van der Waals surface area (Å²) in [5.74, 6) is 0.399. The molecular formula is C13H24N2O3S. The number of sulfone groups is 1. The molecule has 2 atom stereocenters. The van der Waals surface area contributed by atoms with Gasteiger partial charge >= 0.3 is 0 Å². The fraction of sp³-hybridized carbons (Fsp3) is 0.923. The lowest BCUT2D eigenvalue weighted by Gasteiger charge is -2.37. The molecule has 0 aromatic carbocycles. The number of hydrogen-bond donors (Lipinski definition) is 2. The Morgan fingerprint density at radius 2 is 2.21 bits per heavy atom. The maximum absolute atomic E-state index is 12.5. The summed E-state index contributed by atoms with van der Waals surface area (Å²) in [5.41, 5.74) is -0.348. The van der Waals surface area contributed by atoms with Crippen LogP contribution in [0.2, 0.25) is 0 Å². The number of nitrogens with one attached hydrogen (secondary N) is 2. The molecule has 6 heteroatoms. The Morgan fingerprint density at radius 1 is 1.42 bits per heavy atom. The maximum atomic E-state index is 12.5. The molecule has 0 radical (unpaired) electrons. The Hall–Kier alpha value is -0.620. The molecule has 0 aromatic heterocycles. The fourth-order valence-electron chi connectivity index (χ4n) is 3.10. The quantitative estimate of drug-likeness (QED) is 0.791. The van der Waals surface area contributed by atoms with Crippen molar-refractivity contribution in [3.63, 3.8) is 0 Å². The highest BCUT2D eigenvalue weighted by molar-refractivity contribution is 7.91. The molecule has 2 saturated heterocycles. The minimum absolute atomic E-state index is 0.0318. The van der Waals surface area contributed by atoms with Gasteiger partial charge in [0.15, 0.2) is 9.84 Å². The summed E-state index contributed by atoms with van der Waals surface area (Å²) in [6.07, 6.45) is 4.13. The Morgan fingerprint density at radius 3 is 2.79 bits per heavy atom. The highest BCUT2D eigenvalue weighted by atomic mass is 32.2. The van der Waals surface area contributed by atoms with Crippen LogP contribution in [0, 0.1) is 5.41 Å². The van der Waals surface area contributed by atoms with Gasteiger partial charge in [-0.15, -0.1) is 0 Å². The molecule has 0 aromatic rings. The van der Waals surface area contributed by atoms with E-state index in [4.69, 9.17) is 0 Å². The molecule has 0 spiro atoms. The van der Waals surface area contributed by atoms with Crippen molar-refractivity contribution in [1.29, 1.82) is 0 Å². The minimum Gasteiger partial charge on any atom is -0.352 e. The fourth-order valence-corrected chi connectivity index (χ4v) is 4.74. The first-order valence-electron chi connectivity index (χ1n) is 7.19. The Labute approximate surface area is 115 Å². The van der Waals surface area contributed by atoms with E-state index in [0.29, 0.717) is 13.0 Å². The van der Waals surface area contributed by atoms with E-state index in [-0.39, 0.29) is 28.9 Å². The van der Waals surface area contributed by atoms with Gasteiger partial charge in [0.1, 0.15) is 0 Å². The van der Waals surface area contributed by atoms with E-state index >= 15 is 0 Å². The van der Waals surface area contributed by atoms with Crippen LogP contribution in [0.4, 0.5) is 0 Å². The molecule has 1 amide bonds. The average Bonchev–Trinajstić information content (AvgIpc) is 2.38.